The van der Waals surface area contributed by atoms with Gasteiger partial charge in [0.15, 0.2) is 0 Å². The van der Waals surface area contributed by atoms with E-state index in [9.17, 15) is 4.79 Å². The third-order valence-corrected chi connectivity index (χ3v) is 4.30. The third-order valence-electron chi connectivity index (χ3n) is 3.97. The van der Waals surface area contributed by atoms with E-state index in [-0.39, 0.29) is 5.91 Å². The Bertz CT molecular complexity index is 466. The van der Waals surface area contributed by atoms with Gasteiger partial charge in [-0.25, -0.2) is 0 Å². The van der Waals surface area contributed by atoms with Crippen molar-refractivity contribution in [3.63, 3.8) is 0 Å². The Hall–Kier alpha value is -1.10. The highest BCUT2D eigenvalue weighted by molar-refractivity contribution is 6.33. The summed E-state index contributed by atoms with van der Waals surface area (Å²) in [6, 6.07) is 7.56. The molecule has 0 saturated carbocycles. The summed E-state index contributed by atoms with van der Waals surface area (Å²) in [6.07, 6.45) is 2.31. The van der Waals surface area contributed by atoms with E-state index in [1.54, 1.807) is 12.1 Å². The SMILES string of the molecule is CC1CCCN(CC(=O)Nc2ccccc2Cl)C1CN. The smallest absolute Gasteiger partial charge is 0.238 e. The fraction of sp³-hybridized carbons (Fsp3) is 0.533. The summed E-state index contributed by atoms with van der Waals surface area (Å²) in [5.41, 5.74) is 6.50. The lowest BCUT2D eigenvalue weighted by Crippen LogP contribution is -2.51. The Kier molecular flexibility index (Phi) is 5.40. The second-order valence-electron chi connectivity index (χ2n) is 5.42. The zero-order valence-corrected chi connectivity index (χ0v) is 12.6. The Labute approximate surface area is 125 Å². The van der Waals surface area contributed by atoms with Crippen molar-refractivity contribution in [2.45, 2.75) is 25.8 Å². The van der Waals surface area contributed by atoms with Crippen LogP contribution in [0.4, 0.5) is 5.69 Å². The first-order chi connectivity index (χ1) is 9.61. The highest BCUT2D eigenvalue weighted by Crippen LogP contribution is 2.23. The molecule has 110 valence electrons. The lowest BCUT2D eigenvalue weighted by molar-refractivity contribution is -0.118. The van der Waals surface area contributed by atoms with Gasteiger partial charge in [0.1, 0.15) is 0 Å². The molecule has 1 saturated heterocycles. The summed E-state index contributed by atoms with van der Waals surface area (Å²) in [6.45, 7) is 4.11. The molecule has 5 heteroatoms. The summed E-state index contributed by atoms with van der Waals surface area (Å²) in [4.78, 5) is 14.3. The molecule has 1 amide bonds. The summed E-state index contributed by atoms with van der Waals surface area (Å²) in [5.74, 6) is 0.507. The van der Waals surface area contributed by atoms with Crippen LogP contribution in [0.1, 0.15) is 19.8 Å². The fourth-order valence-electron chi connectivity index (χ4n) is 2.85. The third kappa shape index (κ3) is 3.72. The fourth-order valence-corrected chi connectivity index (χ4v) is 3.03. The van der Waals surface area contributed by atoms with Crippen molar-refractivity contribution in [2.24, 2.45) is 11.7 Å². The summed E-state index contributed by atoms with van der Waals surface area (Å²) in [5, 5.41) is 3.42. The van der Waals surface area contributed by atoms with E-state index in [2.05, 4.69) is 17.1 Å². The minimum absolute atomic E-state index is 0.0364. The van der Waals surface area contributed by atoms with Crippen LogP contribution >= 0.6 is 11.6 Å². The number of amides is 1. The van der Waals surface area contributed by atoms with Crippen molar-refractivity contribution >= 4 is 23.2 Å². The van der Waals surface area contributed by atoms with E-state index in [1.807, 2.05) is 12.1 Å². The van der Waals surface area contributed by atoms with Crippen molar-refractivity contribution in [3.8, 4) is 0 Å². The molecule has 1 fully saturated rings. The summed E-state index contributed by atoms with van der Waals surface area (Å²) < 4.78 is 0. The molecule has 3 N–H and O–H groups in total. The number of halogens is 1. The Morgan fingerprint density at radius 3 is 2.95 bits per heavy atom. The zero-order valence-electron chi connectivity index (χ0n) is 11.8. The van der Waals surface area contributed by atoms with Crippen molar-refractivity contribution in [3.05, 3.63) is 29.3 Å². The first-order valence-electron chi connectivity index (χ1n) is 7.10. The maximum absolute atomic E-state index is 12.1. The van der Waals surface area contributed by atoms with Gasteiger partial charge >= 0.3 is 0 Å². The molecule has 2 unspecified atom stereocenters. The molecule has 1 heterocycles. The van der Waals surface area contributed by atoms with Crippen LogP contribution in [0.3, 0.4) is 0 Å². The molecule has 1 aliphatic heterocycles. The molecule has 1 aromatic carbocycles. The van der Waals surface area contributed by atoms with Crippen LogP contribution in [0, 0.1) is 5.92 Å². The maximum atomic E-state index is 12.1. The topological polar surface area (TPSA) is 58.4 Å². The van der Waals surface area contributed by atoms with Crippen LogP contribution in [0.2, 0.25) is 5.02 Å². The molecular formula is C15H22ClN3O. The number of likely N-dealkylation sites (tertiary alicyclic amines) is 1. The number of hydrogen-bond donors (Lipinski definition) is 2. The number of rotatable bonds is 4. The van der Waals surface area contributed by atoms with Gasteiger partial charge < -0.3 is 11.1 Å². The molecule has 0 bridgehead atoms. The number of piperidine rings is 1. The van der Waals surface area contributed by atoms with Crippen LogP contribution in [0.5, 0.6) is 0 Å². The Morgan fingerprint density at radius 2 is 2.25 bits per heavy atom. The first kappa shape index (κ1) is 15.3. The minimum Gasteiger partial charge on any atom is -0.329 e. The number of nitrogens with one attached hydrogen (secondary N) is 1. The molecule has 2 rings (SSSR count). The molecule has 0 spiro atoms. The number of nitrogens with zero attached hydrogens (tertiary/aromatic N) is 1. The predicted octanol–water partition coefficient (Wildman–Crippen LogP) is 2.34. The van der Waals surface area contributed by atoms with Gasteiger partial charge in [0.05, 0.1) is 17.3 Å². The van der Waals surface area contributed by atoms with Crippen LogP contribution < -0.4 is 11.1 Å². The zero-order chi connectivity index (χ0) is 14.5. The lowest BCUT2D eigenvalue weighted by atomic mass is 9.91. The van der Waals surface area contributed by atoms with Gasteiger partial charge in [0.2, 0.25) is 5.91 Å². The summed E-state index contributed by atoms with van der Waals surface area (Å²) >= 11 is 6.04. The highest BCUT2D eigenvalue weighted by atomic mass is 35.5. The second kappa shape index (κ2) is 7.07. The Morgan fingerprint density at radius 1 is 1.50 bits per heavy atom. The molecule has 0 aliphatic carbocycles. The van der Waals surface area contributed by atoms with E-state index in [0.717, 1.165) is 13.0 Å². The first-order valence-corrected chi connectivity index (χ1v) is 7.48. The van der Waals surface area contributed by atoms with Gasteiger partial charge in [-0.2, -0.15) is 0 Å². The Balaban J connectivity index is 1.95. The van der Waals surface area contributed by atoms with Crippen LogP contribution in [0.25, 0.3) is 0 Å². The van der Waals surface area contributed by atoms with Crippen LogP contribution in [0.15, 0.2) is 24.3 Å². The van der Waals surface area contributed by atoms with E-state index < -0.39 is 0 Å². The number of nitrogens with two attached hydrogens (primary N) is 1. The molecular weight excluding hydrogens is 274 g/mol. The van der Waals surface area contributed by atoms with Crippen LogP contribution in [-0.4, -0.2) is 36.5 Å². The van der Waals surface area contributed by atoms with Crippen molar-refractivity contribution in [1.29, 1.82) is 0 Å². The minimum atomic E-state index is -0.0364. The molecule has 4 nitrogen and oxygen atoms in total. The van der Waals surface area contributed by atoms with Gasteiger partial charge in [-0.1, -0.05) is 30.7 Å². The standard InChI is InChI=1S/C15H22ClN3O/c1-11-5-4-8-19(14(11)9-17)10-15(20)18-13-7-3-2-6-12(13)16/h2-3,6-7,11,14H,4-5,8-10,17H2,1H3,(H,18,20). The number of carbonyl (C=O) groups excluding carboxylic acids is 1. The number of para-hydroxylation sites is 1. The number of anilines is 1. The highest BCUT2D eigenvalue weighted by Gasteiger charge is 2.28. The van der Waals surface area contributed by atoms with Gasteiger partial charge in [0.25, 0.3) is 0 Å². The van der Waals surface area contributed by atoms with E-state index in [4.69, 9.17) is 17.3 Å². The average molecular weight is 296 g/mol. The van der Waals surface area contributed by atoms with Gasteiger partial charge in [0, 0.05) is 12.6 Å². The van der Waals surface area contributed by atoms with Gasteiger partial charge in [-0.05, 0) is 37.4 Å². The average Bonchev–Trinajstić information content (AvgIpc) is 2.42. The predicted molar refractivity (Wildman–Crippen MR) is 82.9 cm³/mol. The van der Waals surface area contributed by atoms with Gasteiger partial charge in [-0.3, -0.25) is 9.69 Å². The molecule has 0 aromatic heterocycles. The molecule has 1 aliphatic rings. The molecule has 1 aromatic rings. The number of benzene rings is 1. The van der Waals surface area contributed by atoms with Crippen LogP contribution in [-0.2, 0) is 4.79 Å². The van der Waals surface area contributed by atoms with E-state index in [0.29, 0.717) is 35.8 Å². The number of carbonyl (C=O) groups is 1. The second-order valence-corrected chi connectivity index (χ2v) is 5.83. The molecule has 2 atom stereocenters. The van der Waals surface area contributed by atoms with E-state index in [1.165, 1.54) is 6.42 Å². The molecule has 0 radical (unpaired) electrons. The monoisotopic (exact) mass is 295 g/mol. The maximum Gasteiger partial charge on any atom is 0.238 e. The van der Waals surface area contributed by atoms with Crippen molar-refractivity contribution < 1.29 is 4.79 Å². The quantitative estimate of drug-likeness (QED) is 0.896. The van der Waals surface area contributed by atoms with E-state index >= 15 is 0 Å². The largest absolute Gasteiger partial charge is 0.329 e. The molecule has 20 heavy (non-hydrogen) atoms. The van der Waals surface area contributed by atoms with Gasteiger partial charge in [-0.15, -0.1) is 0 Å². The van der Waals surface area contributed by atoms with Crippen molar-refractivity contribution in [2.75, 3.05) is 25.0 Å². The van der Waals surface area contributed by atoms with Crippen molar-refractivity contribution in [1.82, 2.24) is 4.90 Å². The number of hydrogen-bond acceptors (Lipinski definition) is 3. The normalized spacial score (nSPS) is 23.6. The summed E-state index contributed by atoms with van der Waals surface area (Å²) in [7, 11) is 0. The lowest BCUT2D eigenvalue weighted by Gasteiger charge is -2.38.